The molecule has 0 radical (unpaired) electrons. The van der Waals surface area contributed by atoms with Crippen molar-refractivity contribution >= 4 is 28.4 Å². The Morgan fingerprint density at radius 1 is 1.00 bits per heavy atom. The number of pyridine rings is 2. The molecule has 5 aromatic heterocycles. The van der Waals surface area contributed by atoms with Crippen molar-refractivity contribution < 1.29 is 4.79 Å². The van der Waals surface area contributed by atoms with Crippen LogP contribution >= 0.6 is 0 Å². The van der Waals surface area contributed by atoms with Crippen LogP contribution in [0.15, 0.2) is 79.4 Å². The Kier molecular flexibility index (Phi) is 5.93. The second kappa shape index (κ2) is 9.72. The van der Waals surface area contributed by atoms with Crippen molar-refractivity contribution in [2.24, 2.45) is 7.05 Å². The monoisotopic (exact) mass is 513 g/mol. The lowest BCUT2D eigenvalue weighted by atomic mass is 9.99. The van der Waals surface area contributed by atoms with Gasteiger partial charge in [-0.05, 0) is 37.1 Å². The fourth-order valence-corrected chi connectivity index (χ4v) is 4.42. The molecule has 0 saturated heterocycles. The van der Waals surface area contributed by atoms with Crippen LogP contribution in [0, 0.1) is 11.8 Å². The van der Waals surface area contributed by atoms with Gasteiger partial charge in [0.05, 0.1) is 22.8 Å². The minimum atomic E-state index is -0.437. The van der Waals surface area contributed by atoms with Gasteiger partial charge in [-0.15, -0.1) is 5.10 Å². The average Bonchev–Trinajstić information content (AvgIpc) is 3.52. The van der Waals surface area contributed by atoms with E-state index in [1.165, 1.54) is 4.52 Å². The quantitative estimate of drug-likeness (QED) is 0.345. The van der Waals surface area contributed by atoms with E-state index >= 15 is 0 Å². The van der Waals surface area contributed by atoms with Crippen LogP contribution in [-0.4, -0.2) is 40.3 Å². The molecule has 0 spiro atoms. The average molecular weight is 514 g/mol. The maximum Gasteiger partial charge on any atom is 0.259 e. The second-order valence-electron chi connectivity index (χ2n) is 8.99. The Morgan fingerprint density at radius 2 is 1.85 bits per heavy atom. The molecule has 190 valence electrons. The molecule has 0 aliphatic carbocycles. The fraction of sp³-hybridized carbons (Fsp3) is 0.103. The standard InChI is InChI=1S/C29H23N9O/c1-18(33-29(39)24-27(30)36-38-15-6-13-32-28(24)38)22-17-23-26(34-25(22)19-7-4-3-5-8-19)20(11-14-31-23)9-10-21-12-16-37(2)35-21/h3-8,11-18H,1-2H3,(H2,30,36)(H,33,39)/t18-/m0/s1. The largest absolute Gasteiger partial charge is 0.381 e. The number of hydrogen-bond donors (Lipinski definition) is 2. The van der Waals surface area contributed by atoms with E-state index in [0.29, 0.717) is 22.4 Å². The zero-order valence-corrected chi connectivity index (χ0v) is 21.2. The number of carbonyl (C=O) groups excluding carboxylic acids is 1. The van der Waals surface area contributed by atoms with Crippen molar-refractivity contribution in [1.29, 1.82) is 0 Å². The highest BCUT2D eigenvalue weighted by molar-refractivity contribution is 6.04. The molecule has 1 amide bonds. The number of fused-ring (bicyclic) bond motifs is 2. The minimum absolute atomic E-state index is 0.108. The Morgan fingerprint density at radius 3 is 2.64 bits per heavy atom. The van der Waals surface area contributed by atoms with Crippen molar-refractivity contribution in [2.45, 2.75) is 13.0 Å². The van der Waals surface area contributed by atoms with E-state index in [1.54, 1.807) is 29.3 Å². The number of carbonyl (C=O) groups is 1. The van der Waals surface area contributed by atoms with Gasteiger partial charge in [0.15, 0.2) is 11.5 Å². The molecular weight excluding hydrogens is 490 g/mol. The highest BCUT2D eigenvalue weighted by Crippen LogP contribution is 2.31. The van der Waals surface area contributed by atoms with E-state index in [-0.39, 0.29) is 17.3 Å². The smallest absolute Gasteiger partial charge is 0.259 e. The van der Waals surface area contributed by atoms with Crippen LogP contribution in [0.1, 0.15) is 40.1 Å². The van der Waals surface area contributed by atoms with E-state index in [9.17, 15) is 4.79 Å². The number of nitrogens with two attached hydrogens (primary N) is 1. The molecule has 10 nitrogen and oxygen atoms in total. The van der Waals surface area contributed by atoms with Gasteiger partial charge in [0.2, 0.25) is 0 Å². The van der Waals surface area contributed by atoms with Crippen LogP contribution in [0.4, 0.5) is 5.82 Å². The van der Waals surface area contributed by atoms with Gasteiger partial charge in [0, 0.05) is 43.0 Å². The molecule has 6 aromatic rings. The molecule has 3 N–H and O–H groups in total. The van der Waals surface area contributed by atoms with Gasteiger partial charge in [0.25, 0.3) is 5.91 Å². The Balaban J connectivity index is 1.43. The number of amides is 1. The maximum absolute atomic E-state index is 13.4. The summed E-state index contributed by atoms with van der Waals surface area (Å²) in [7, 11) is 1.85. The van der Waals surface area contributed by atoms with E-state index in [0.717, 1.165) is 22.4 Å². The Bertz CT molecular complexity index is 1910. The van der Waals surface area contributed by atoms with Crippen LogP contribution in [0.25, 0.3) is 27.9 Å². The third-order valence-electron chi connectivity index (χ3n) is 6.29. The van der Waals surface area contributed by atoms with Crippen molar-refractivity contribution in [2.75, 3.05) is 5.73 Å². The highest BCUT2D eigenvalue weighted by Gasteiger charge is 2.23. The van der Waals surface area contributed by atoms with E-state index in [4.69, 9.17) is 10.7 Å². The minimum Gasteiger partial charge on any atom is -0.381 e. The number of aryl methyl sites for hydroxylation is 1. The fourth-order valence-electron chi connectivity index (χ4n) is 4.42. The van der Waals surface area contributed by atoms with Gasteiger partial charge < -0.3 is 11.1 Å². The normalized spacial score (nSPS) is 11.7. The van der Waals surface area contributed by atoms with Crippen molar-refractivity contribution in [3.63, 3.8) is 0 Å². The SMILES string of the molecule is C[C@H](NC(=O)c1c(N)nn2cccnc12)c1cc2nccc(C#Cc3ccn(C)n3)c2nc1-c1ccccc1. The summed E-state index contributed by atoms with van der Waals surface area (Å²) in [5.74, 6) is 6.02. The van der Waals surface area contributed by atoms with Gasteiger partial charge in [-0.2, -0.15) is 5.10 Å². The number of benzene rings is 1. The first kappa shape index (κ1) is 23.8. The van der Waals surface area contributed by atoms with Crippen molar-refractivity contribution in [3.05, 3.63) is 102 Å². The third-order valence-corrected chi connectivity index (χ3v) is 6.29. The number of hydrogen-bond acceptors (Lipinski definition) is 7. The molecule has 39 heavy (non-hydrogen) atoms. The molecule has 1 atom stereocenters. The maximum atomic E-state index is 13.4. The zero-order valence-electron chi connectivity index (χ0n) is 21.2. The van der Waals surface area contributed by atoms with E-state index < -0.39 is 6.04 Å². The second-order valence-corrected chi connectivity index (χ2v) is 8.99. The van der Waals surface area contributed by atoms with Crippen LogP contribution in [-0.2, 0) is 7.05 Å². The molecule has 5 heterocycles. The molecule has 0 unspecified atom stereocenters. The first-order chi connectivity index (χ1) is 19.0. The van der Waals surface area contributed by atoms with Gasteiger partial charge in [-0.25, -0.2) is 14.5 Å². The molecule has 0 aliphatic rings. The van der Waals surface area contributed by atoms with Gasteiger partial charge in [-0.1, -0.05) is 36.3 Å². The summed E-state index contributed by atoms with van der Waals surface area (Å²) in [5.41, 5.74) is 11.8. The summed E-state index contributed by atoms with van der Waals surface area (Å²) < 4.78 is 3.19. The first-order valence-electron chi connectivity index (χ1n) is 12.2. The summed E-state index contributed by atoms with van der Waals surface area (Å²) in [4.78, 5) is 27.2. The number of nitrogen functional groups attached to an aromatic ring is 1. The zero-order chi connectivity index (χ0) is 26.9. The van der Waals surface area contributed by atoms with Crippen molar-refractivity contribution in [1.82, 2.24) is 39.7 Å². The molecule has 0 fully saturated rings. The lowest BCUT2D eigenvalue weighted by Crippen LogP contribution is -2.28. The number of rotatable bonds is 4. The lowest BCUT2D eigenvalue weighted by Gasteiger charge is -2.19. The molecular formula is C29H23N9O. The number of nitrogens with zero attached hydrogens (tertiary/aromatic N) is 7. The Labute approximate surface area is 223 Å². The molecule has 1 aromatic carbocycles. The van der Waals surface area contributed by atoms with Crippen LogP contribution in [0.5, 0.6) is 0 Å². The summed E-state index contributed by atoms with van der Waals surface area (Å²) in [6.45, 7) is 1.90. The highest BCUT2D eigenvalue weighted by atomic mass is 16.1. The summed E-state index contributed by atoms with van der Waals surface area (Å²) in [5, 5.41) is 11.6. The topological polar surface area (TPSA) is 129 Å². The lowest BCUT2D eigenvalue weighted by molar-refractivity contribution is 0.0942. The predicted octanol–water partition coefficient (Wildman–Crippen LogP) is 3.55. The van der Waals surface area contributed by atoms with Crippen LogP contribution in [0.2, 0.25) is 0 Å². The molecule has 6 rings (SSSR count). The summed E-state index contributed by atoms with van der Waals surface area (Å²) in [6, 6.07) is 16.7. The summed E-state index contributed by atoms with van der Waals surface area (Å²) >= 11 is 0. The van der Waals surface area contributed by atoms with Crippen LogP contribution < -0.4 is 11.1 Å². The van der Waals surface area contributed by atoms with Gasteiger partial charge in [0.1, 0.15) is 16.8 Å². The van der Waals surface area contributed by atoms with Crippen molar-refractivity contribution in [3.8, 4) is 23.1 Å². The summed E-state index contributed by atoms with van der Waals surface area (Å²) in [6.07, 6.45) is 6.84. The third kappa shape index (κ3) is 4.53. The van der Waals surface area contributed by atoms with Gasteiger partial charge >= 0.3 is 0 Å². The van der Waals surface area contributed by atoms with E-state index in [2.05, 4.69) is 37.3 Å². The number of nitrogens with one attached hydrogen (secondary N) is 1. The van der Waals surface area contributed by atoms with E-state index in [1.807, 2.05) is 68.7 Å². The number of aromatic nitrogens is 7. The number of anilines is 1. The molecule has 0 bridgehead atoms. The molecule has 10 heteroatoms. The van der Waals surface area contributed by atoms with Gasteiger partial charge in [-0.3, -0.25) is 14.5 Å². The first-order valence-corrected chi connectivity index (χ1v) is 12.2. The molecule has 0 saturated carbocycles. The van der Waals surface area contributed by atoms with Crippen LogP contribution in [0.3, 0.4) is 0 Å². The molecule has 0 aliphatic heterocycles. The Hall–Kier alpha value is -5.56. The predicted molar refractivity (Wildman–Crippen MR) is 147 cm³/mol.